The van der Waals surface area contributed by atoms with Gasteiger partial charge in [-0.3, -0.25) is 0 Å². The van der Waals surface area contributed by atoms with E-state index in [-0.39, 0.29) is 5.92 Å². The van der Waals surface area contributed by atoms with Crippen molar-refractivity contribution in [2.45, 2.75) is 70.4 Å². The number of hydrogen-bond donors (Lipinski definition) is 2. The monoisotopic (exact) mass is 254 g/mol. The Kier molecular flexibility index (Phi) is 2.66. The van der Waals surface area contributed by atoms with Crippen molar-refractivity contribution in [2.75, 3.05) is 0 Å². The first-order valence-electron chi connectivity index (χ1n) is 7.39. The van der Waals surface area contributed by atoms with Crippen LogP contribution in [0.4, 0.5) is 0 Å². The summed E-state index contributed by atoms with van der Waals surface area (Å²) in [4.78, 5) is 0. The van der Waals surface area contributed by atoms with Gasteiger partial charge in [-0.05, 0) is 43.4 Å². The summed E-state index contributed by atoms with van der Waals surface area (Å²) in [6, 6.07) is 0. The van der Waals surface area contributed by atoms with Crippen molar-refractivity contribution in [2.24, 2.45) is 23.7 Å². The third-order valence-electron chi connectivity index (χ3n) is 6.22. The van der Waals surface area contributed by atoms with Gasteiger partial charge in [0.05, 0.1) is 23.4 Å². The number of rotatable bonds is 1. The molecule has 0 amide bonds. The molecule has 2 bridgehead atoms. The largest absolute Gasteiger partial charge is 0.390 e. The van der Waals surface area contributed by atoms with Gasteiger partial charge in [-0.15, -0.1) is 0 Å². The van der Waals surface area contributed by atoms with Gasteiger partial charge in [-0.1, -0.05) is 20.8 Å². The molecule has 3 heteroatoms. The standard InChI is InChI=1S/C15H26O3/c1-8(2)15-7-11(16)14(4,18-15)10-6-5-9(3)12(10)13(15)17/h8-13,16-17H,5-7H2,1-4H3/t9-,10-,11+,12-,13+,14+,15-/m1/s1. The Morgan fingerprint density at radius 3 is 2.50 bits per heavy atom. The van der Waals surface area contributed by atoms with Gasteiger partial charge in [0.15, 0.2) is 0 Å². The number of fused-ring (bicyclic) bond motifs is 4. The molecule has 104 valence electrons. The predicted molar refractivity (Wildman–Crippen MR) is 69.1 cm³/mol. The lowest BCUT2D eigenvalue weighted by atomic mass is 9.69. The van der Waals surface area contributed by atoms with Gasteiger partial charge in [-0.2, -0.15) is 0 Å². The highest BCUT2D eigenvalue weighted by molar-refractivity contribution is 5.17. The molecule has 1 saturated carbocycles. The van der Waals surface area contributed by atoms with E-state index in [1.165, 1.54) is 0 Å². The molecule has 7 atom stereocenters. The summed E-state index contributed by atoms with van der Waals surface area (Å²) in [6.07, 6.45) is 1.94. The Labute approximate surface area is 110 Å². The lowest BCUT2D eigenvalue weighted by Crippen LogP contribution is -2.61. The topological polar surface area (TPSA) is 49.7 Å². The fourth-order valence-electron chi connectivity index (χ4n) is 4.97. The molecule has 0 spiro atoms. The second-order valence-electron chi connectivity index (χ2n) is 7.30. The molecule has 2 saturated heterocycles. The molecule has 0 aromatic heterocycles. The zero-order valence-corrected chi connectivity index (χ0v) is 11.9. The Hall–Kier alpha value is -0.120. The van der Waals surface area contributed by atoms with Crippen molar-refractivity contribution in [3.05, 3.63) is 0 Å². The number of ether oxygens (including phenoxy) is 1. The van der Waals surface area contributed by atoms with Gasteiger partial charge in [0, 0.05) is 6.42 Å². The van der Waals surface area contributed by atoms with Crippen LogP contribution in [-0.2, 0) is 4.74 Å². The number of aliphatic hydroxyl groups is 2. The van der Waals surface area contributed by atoms with Crippen LogP contribution in [0.15, 0.2) is 0 Å². The lowest BCUT2D eigenvalue weighted by molar-refractivity contribution is -0.258. The minimum atomic E-state index is -0.534. The fraction of sp³-hybridized carbons (Fsp3) is 1.00. The molecule has 0 aromatic rings. The van der Waals surface area contributed by atoms with E-state index in [2.05, 4.69) is 27.7 Å². The first-order chi connectivity index (χ1) is 8.33. The van der Waals surface area contributed by atoms with E-state index in [0.29, 0.717) is 24.2 Å². The summed E-state index contributed by atoms with van der Waals surface area (Å²) >= 11 is 0. The first kappa shape index (κ1) is 12.9. The molecule has 3 aliphatic rings. The Bertz CT molecular complexity index is 356. The molecule has 2 heterocycles. The minimum Gasteiger partial charge on any atom is -0.390 e. The highest BCUT2D eigenvalue weighted by Crippen LogP contribution is 2.61. The lowest BCUT2D eigenvalue weighted by Gasteiger charge is -2.52. The maximum absolute atomic E-state index is 10.9. The normalized spacial score (nSPS) is 59.2. The quantitative estimate of drug-likeness (QED) is 0.752. The van der Waals surface area contributed by atoms with Gasteiger partial charge < -0.3 is 14.9 Å². The molecule has 3 rings (SSSR count). The molecule has 3 fully saturated rings. The summed E-state index contributed by atoms with van der Waals surface area (Å²) in [6.45, 7) is 8.50. The molecule has 0 aromatic carbocycles. The highest BCUT2D eigenvalue weighted by Gasteiger charge is 2.69. The van der Waals surface area contributed by atoms with Gasteiger partial charge >= 0.3 is 0 Å². The van der Waals surface area contributed by atoms with Crippen LogP contribution < -0.4 is 0 Å². The van der Waals surface area contributed by atoms with Gasteiger partial charge in [0.1, 0.15) is 0 Å². The summed E-state index contributed by atoms with van der Waals surface area (Å²) in [5.74, 6) is 1.38. The van der Waals surface area contributed by atoms with Crippen LogP contribution >= 0.6 is 0 Å². The molecule has 0 unspecified atom stereocenters. The SMILES string of the molecule is CC(C)[C@@]12C[C@H](O)[C@@](C)(O1)[C@@H]1CC[C@@H](C)[C@H]1[C@@H]2O. The first-order valence-corrected chi connectivity index (χ1v) is 7.39. The zero-order valence-electron chi connectivity index (χ0n) is 11.9. The number of aliphatic hydroxyl groups excluding tert-OH is 2. The Balaban J connectivity index is 2.07. The third-order valence-corrected chi connectivity index (χ3v) is 6.22. The average Bonchev–Trinajstić information content (AvgIpc) is 2.77. The van der Waals surface area contributed by atoms with E-state index in [9.17, 15) is 10.2 Å². The van der Waals surface area contributed by atoms with Crippen LogP contribution in [-0.4, -0.2) is 33.6 Å². The van der Waals surface area contributed by atoms with Crippen LogP contribution in [0.5, 0.6) is 0 Å². The van der Waals surface area contributed by atoms with Crippen molar-refractivity contribution in [1.29, 1.82) is 0 Å². The average molecular weight is 254 g/mol. The van der Waals surface area contributed by atoms with E-state index in [1.54, 1.807) is 0 Å². The van der Waals surface area contributed by atoms with Crippen LogP contribution in [0.25, 0.3) is 0 Å². The molecule has 3 nitrogen and oxygen atoms in total. The highest BCUT2D eigenvalue weighted by atomic mass is 16.6. The van der Waals surface area contributed by atoms with Crippen LogP contribution in [0.3, 0.4) is 0 Å². The third kappa shape index (κ3) is 1.31. The van der Waals surface area contributed by atoms with Crippen LogP contribution in [0.2, 0.25) is 0 Å². The van der Waals surface area contributed by atoms with Crippen molar-refractivity contribution >= 4 is 0 Å². The molecular weight excluding hydrogens is 228 g/mol. The van der Waals surface area contributed by atoms with Crippen molar-refractivity contribution in [1.82, 2.24) is 0 Å². The molecular formula is C15H26O3. The second kappa shape index (κ2) is 3.71. The van der Waals surface area contributed by atoms with Gasteiger partial charge in [0.25, 0.3) is 0 Å². The summed E-state index contributed by atoms with van der Waals surface area (Å²) < 4.78 is 6.32. The van der Waals surface area contributed by atoms with Crippen molar-refractivity contribution in [3.8, 4) is 0 Å². The Morgan fingerprint density at radius 2 is 1.89 bits per heavy atom. The van der Waals surface area contributed by atoms with Crippen LogP contribution in [0, 0.1) is 23.7 Å². The van der Waals surface area contributed by atoms with E-state index in [0.717, 1.165) is 12.8 Å². The van der Waals surface area contributed by atoms with Crippen molar-refractivity contribution < 1.29 is 14.9 Å². The molecule has 18 heavy (non-hydrogen) atoms. The summed E-state index contributed by atoms with van der Waals surface area (Å²) in [7, 11) is 0. The van der Waals surface area contributed by atoms with Gasteiger partial charge in [0.2, 0.25) is 0 Å². The maximum Gasteiger partial charge on any atom is 0.1000 e. The predicted octanol–water partition coefficient (Wildman–Crippen LogP) is 1.96. The summed E-state index contributed by atoms with van der Waals surface area (Å²) in [5.41, 5.74) is -0.979. The second-order valence-corrected chi connectivity index (χ2v) is 7.30. The minimum absolute atomic E-state index is 0.234. The van der Waals surface area contributed by atoms with Gasteiger partial charge in [-0.25, -0.2) is 0 Å². The van der Waals surface area contributed by atoms with Crippen molar-refractivity contribution in [3.63, 3.8) is 0 Å². The molecule has 1 aliphatic carbocycles. The maximum atomic E-state index is 10.9. The van der Waals surface area contributed by atoms with E-state index in [4.69, 9.17) is 4.74 Å². The fourth-order valence-corrected chi connectivity index (χ4v) is 4.97. The van der Waals surface area contributed by atoms with E-state index < -0.39 is 23.4 Å². The van der Waals surface area contributed by atoms with E-state index in [1.807, 2.05) is 0 Å². The number of hydrogen-bond acceptors (Lipinski definition) is 3. The molecule has 0 radical (unpaired) electrons. The smallest absolute Gasteiger partial charge is 0.1000 e. The zero-order chi connectivity index (χ0) is 13.3. The Morgan fingerprint density at radius 1 is 1.22 bits per heavy atom. The summed E-state index contributed by atoms with van der Waals surface area (Å²) in [5, 5.41) is 21.3. The molecule has 2 aliphatic heterocycles. The van der Waals surface area contributed by atoms with E-state index >= 15 is 0 Å². The van der Waals surface area contributed by atoms with Crippen LogP contribution in [0.1, 0.15) is 47.0 Å². The molecule has 2 N–H and O–H groups in total.